The Labute approximate surface area is 265 Å². The fourth-order valence-corrected chi connectivity index (χ4v) is 6.64. The molecule has 1 unspecified atom stereocenters. The smallest absolute Gasteiger partial charge is 0.338 e. The van der Waals surface area contributed by atoms with Crippen molar-refractivity contribution in [3.05, 3.63) is 59.4 Å². The average molecular weight is 626 g/mol. The molecule has 3 fully saturated rings. The number of aryl methyl sites for hydroxylation is 1. The number of nitrogens with zero attached hydrogens (tertiary/aromatic N) is 1. The summed E-state index contributed by atoms with van der Waals surface area (Å²) in [6.07, 6.45) is 11.7. The molecule has 10 nitrogen and oxygen atoms in total. The van der Waals surface area contributed by atoms with Crippen molar-refractivity contribution in [3.8, 4) is 0 Å². The second kappa shape index (κ2) is 13.7. The number of hydrogen-bond acceptors (Lipinski definition) is 10. The Balaban J connectivity index is 1.33. The Morgan fingerprint density at radius 2 is 1.91 bits per heavy atom. The first-order chi connectivity index (χ1) is 21.4. The molecule has 0 radical (unpaired) electrons. The minimum absolute atomic E-state index is 0.0130. The van der Waals surface area contributed by atoms with E-state index in [0.29, 0.717) is 25.2 Å². The van der Waals surface area contributed by atoms with E-state index in [9.17, 15) is 14.7 Å². The first kappa shape index (κ1) is 33.3. The zero-order valence-corrected chi connectivity index (χ0v) is 27.3. The third-order valence-corrected chi connectivity index (χ3v) is 9.63. The van der Waals surface area contributed by atoms with Gasteiger partial charge in [-0.15, -0.1) is 0 Å². The lowest BCUT2D eigenvalue weighted by Crippen LogP contribution is -2.42. The Morgan fingerprint density at radius 1 is 1.16 bits per heavy atom. The molecule has 0 saturated carbocycles. The molecule has 246 valence electrons. The molecule has 45 heavy (non-hydrogen) atoms. The molecule has 0 amide bonds. The number of esters is 2. The average Bonchev–Trinajstić information content (AvgIpc) is 3.86. The number of aliphatic hydroxyl groups excluding tert-OH is 1. The summed E-state index contributed by atoms with van der Waals surface area (Å²) in [5, 5.41) is 11.4. The van der Waals surface area contributed by atoms with Crippen molar-refractivity contribution in [2.24, 2.45) is 17.8 Å². The molecular formula is C35H47NO9. The lowest BCUT2D eigenvalue weighted by Gasteiger charge is -2.33. The fourth-order valence-electron chi connectivity index (χ4n) is 6.64. The van der Waals surface area contributed by atoms with Gasteiger partial charge in [0.2, 0.25) is 0 Å². The number of cyclic esters (lactones) is 1. The van der Waals surface area contributed by atoms with Crippen LogP contribution in [0.15, 0.2) is 52.2 Å². The van der Waals surface area contributed by atoms with E-state index in [1.165, 1.54) is 0 Å². The number of aromatic nitrogens is 1. The number of fused-ring (bicyclic) bond motifs is 4. The highest BCUT2D eigenvalue weighted by Gasteiger charge is 2.57. The van der Waals surface area contributed by atoms with Gasteiger partial charge in [-0.2, -0.15) is 0 Å². The molecule has 1 aromatic heterocycles. The number of ether oxygens (including phenoxy) is 5. The largest absolute Gasteiger partial charge is 0.462 e. The van der Waals surface area contributed by atoms with E-state index in [4.69, 9.17) is 28.1 Å². The van der Waals surface area contributed by atoms with Gasteiger partial charge in [0.05, 0.1) is 18.3 Å². The summed E-state index contributed by atoms with van der Waals surface area (Å²) >= 11 is 0. The molecular weight excluding hydrogens is 578 g/mol. The summed E-state index contributed by atoms with van der Waals surface area (Å²) in [7, 11) is 1.63. The number of methoxy groups -OCH3 is 1. The predicted molar refractivity (Wildman–Crippen MR) is 166 cm³/mol. The van der Waals surface area contributed by atoms with Gasteiger partial charge in [0.1, 0.15) is 35.9 Å². The van der Waals surface area contributed by atoms with Gasteiger partial charge < -0.3 is 33.2 Å². The number of hydrogen-bond donors (Lipinski definition) is 1. The quantitative estimate of drug-likeness (QED) is 0.190. The van der Waals surface area contributed by atoms with Crippen LogP contribution in [-0.2, 0) is 33.3 Å². The van der Waals surface area contributed by atoms with E-state index in [0.717, 1.165) is 16.8 Å². The van der Waals surface area contributed by atoms with Crippen LogP contribution >= 0.6 is 0 Å². The van der Waals surface area contributed by atoms with Gasteiger partial charge in [-0.3, -0.25) is 4.79 Å². The normalized spacial score (nSPS) is 38.0. The van der Waals surface area contributed by atoms with Crippen molar-refractivity contribution >= 4 is 18.0 Å². The second-order valence-corrected chi connectivity index (χ2v) is 13.3. The molecule has 0 aromatic carbocycles. The second-order valence-electron chi connectivity index (χ2n) is 13.3. The molecule has 2 bridgehead atoms. The maximum absolute atomic E-state index is 13.4. The van der Waals surface area contributed by atoms with Crippen LogP contribution in [0.4, 0.5) is 0 Å². The molecule has 3 saturated heterocycles. The number of allylic oxidation sites excluding steroid dienone is 4. The molecule has 4 aliphatic heterocycles. The Bertz CT molecular complexity index is 1360. The Morgan fingerprint density at radius 3 is 2.62 bits per heavy atom. The lowest BCUT2D eigenvalue weighted by atomic mass is 9.84. The molecule has 1 N–H and O–H groups in total. The molecule has 1 aromatic rings. The van der Waals surface area contributed by atoms with E-state index in [1.54, 1.807) is 20.3 Å². The van der Waals surface area contributed by atoms with Crippen molar-refractivity contribution in [2.75, 3.05) is 7.11 Å². The van der Waals surface area contributed by atoms with Crippen molar-refractivity contribution in [2.45, 2.75) is 116 Å². The van der Waals surface area contributed by atoms with Crippen LogP contribution < -0.4 is 0 Å². The minimum atomic E-state index is -0.905. The van der Waals surface area contributed by atoms with E-state index >= 15 is 0 Å². The molecule has 4 aliphatic rings. The monoisotopic (exact) mass is 625 g/mol. The maximum atomic E-state index is 13.4. The number of oxazole rings is 1. The molecule has 11 atom stereocenters. The van der Waals surface area contributed by atoms with Crippen molar-refractivity contribution in [1.82, 2.24) is 4.98 Å². The van der Waals surface area contributed by atoms with Gasteiger partial charge in [-0.25, -0.2) is 9.78 Å². The topological polar surface area (TPSA) is 133 Å². The van der Waals surface area contributed by atoms with Gasteiger partial charge in [-0.05, 0) is 56.8 Å². The predicted octanol–water partition coefficient (Wildman–Crippen LogP) is 5.05. The Hall–Kier alpha value is -3.05. The molecule has 5 heterocycles. The first-order valence-electron chi connectivity index (χ1n) is 16.0. The molecule has 0 aliphatic carbocycles. The van der Waals surface area contributed by atoms with Crippen LogP contribution in [0.2, 0.25) is 0 Å². The first-order valence-corrected chi connectivity index (χ1v) is 16.0. The number of carbonyl (C=O) groups excluding carboxylic acids is 2. The van der Waals surface area contributed by atoms with Crippen LogP contribution in [0.3, 0.4) is 0 Å². The number of carbonyl (C=O) groups is 2. The zero-order chi connectivity index (χ0) is 32.5. The number of epoxide rings is 2. The van der Waals surface area contributed by atoms with E-state index in [-0.39, 0.29) is 48.5 Å². The maximum Gasteiger partial charge on any atom is 0.338 e. The van der Waals surface area contributed by atoms with Gasteiger partial charge in [-0.1, -0.05) is 44.2 Å². The molecule has 0 spiro atoms. The van der Waals surface area contributed by atoms with Crippen molar-refractivity contribution < 1.29 is 42.8 Å². The molecule has 5 rings (SSSR count). The van der Waals surface area contributed by atoms with Gasteiger partial charge in [0.15, 0.2) is 12.0 Å². The summed E-state index contributed by atoms with van der Waals surface area (Å²) in [4.78, 5) is 30.1. The van der Waals surface area contributed by atoms with Crippen molar-refractivity contribution in [3.63, 3.8) is 0 Å². The number of aliphatic hydroxyl groups is 1. The van der Waals surface area contributed by atoms with E-state index < -0.39 is 36.0 Å². The highest BCUT2D eigenvalue weighted by molar-refractivity contribution is 5.78. The van der Waals surface area contributed by atoms with Crippen LogP contribution in [0.25, 0.3) is 6.08 Å². The van der Waals surface area contributed by atoms with Gasteiger partial charge in [0.25, 0.3) is 0 Å². The summed E-state index contributed by atoms with van der Waals surface area (Å²) in [5.74, 6) is -0.316. The standard InChI is InChI=1S/C35H47NO9/c1-19(13-25-18-41-23(5)36-25)9-8-10-21(3)32(40-7)22(4)27-17-29(37)35(6)30(45-35)12-11-20(2)26-14-24(16-31(38)42-26)15-28-33(43-28)34(39)44-27/h8-13,18,20,22,24,26-30,32-33,37H,14-17H2,1-7H3/b9-8+,12-11+,19-13+,21-10+/t20-,22+,24+,26-,27+,28-,29+,30-,32+,33-,35?/m1/s1. The lowest BCUT2D eigenvalue weighted by molar-refractivity contribution is -0.159. The van der Waals surface area contributed by atoms with Crippen molar-refractivity contribution in [1.29, 1.82) is 0 Å². The molecule has 10 heteroatoms. The van der Waals surface area contributed by atoms with E-state index in [1.807, 2.05) is 71.1 Å². The highest BCUT2D eigenvalue weighted by atomic mass is 16.6. The third kappa shape index (κ3) is 8.03. The van der Waals surface area contributed by atoms with Crippen LogP contribution in [0.5, 0.6) is 0 Å². The van der Waals surface area contributed by atoms with Gasteiger partial charge in [0, 0.05) is 38.7 Å². The summed E-state index contributed by atoms with van der Waals surface area (Å²) in [5.41, 5.74) is 1.86. The van der Waals surface area contributed by atoms with E-state index in [2.05, 4.69) is 4.98 Å². The van der Waals surface area contributed by atoms with Crippen LogP contribution in [-0.4, -0.2) is 77.5 Å². The van der Waals surface area contributed by atoms with Gasteiger partial charge >= 0.3 is 11.9 Å². The third-order valence-electron chi connectivity index (χ3n) is 9.63. The highest BCUT2D eigenvalue weighted by Crippen LogP contribution is 2.44. The Kier molecular flexibility index (Phi) is 10.2. The zero-order valence-electron chi connectivity index (χ0n) is 27.3. The summed E-state index contributed by atoms with van der Waals surface area (Å²) in [6, 6.07) is 0. The summed E-state index contributed by atoms with van der Waals surface area (Å²) in [6.45, 7) is 11.6. The SMILES string of the molecule is CO[C@@H](/C(C)=C/C=C/C(C)=C/c1coc(C)n1)[C@@H](C)[C@@H]1C[C@H](O)C2(C)O[C@@H]2/C=C/[C@@H](C)[C@H]2C[C@H](CC(=O)O2)C[C@H]2O[C@H]2C(=O)O1. The van der Waals surface area contributed by atoms with Crippen LogP contribution in [0.1, 0.15) is 71.9 Å². The number of rotatable bonds is 7. The minimum Gasteiger partial charge on any atom is -0.462 e. The van der Waals surface area contributed by atoms with Crippen LogP contribution in [0, 0.1) is 24.7 Å². The fraction of sp³-hybridized carbons (Fsp3) is 0.629. The summed E-state index contributed by atoms with van der Waals surface area (Å²) < 4.78 is 34.7.